The molecule has 0 N–H and O–H groups in total. The standard InChI is InChI=1S/C94H58N4O4/c1-3-17-59(18-4-1)68-26-14-28-72(52-68)97(70-43-39-63(40-44-70)77-32-15-23-61-19-7-9-29-75(61)77)73-47-49-80-82-56-92-85(58-89(82)99-87(80)53-73)96-94(102-92)66-37-35-60(36-38-66)67-25-13-27-69(51-67)79-31-11-12-34-86(79)98(71-45-41-64(42-46-71)78-33-16-24-62-20-8-10-30-76(62)78)74-48-50-81-83-55-91-84(57-90(83)100-88(81)54-74)95-93(101-91)65-21-5-2-6-22-65/h1-58H. The molecule has 0 fully saturated rings. The van der Waals surface area contributed by atoms with Crippen LogP contribution in [0.1, 0.15) is 0 Å². The van der Waals surface area contributed by atoms with Crippen molar-refractivity contribution >= 4 is 122 Å². The van der Waals surface area contributed by atoms with Gasteiger partial charge in [0.25, 0.3) is 0 Å². The number of anilines is 6. The van der Waals surface area contributed by atoms with Gasteiger partial charge < -0.3 is 27.5 Å². The van der Waals surface area contributed by atoms with Gasteiger partial charge in [-0.2, -0.15) is 0 Å². The van der Waals surface area contributed by atoms with Gasteiger partial charge in [-0.25, -0.2) is 9.97 Å². The van der Waals surface area contributed by atoms with Crippen molar-refractivity contribution in [2.75, 3.05) is 9.80 Å². The Labute approximate surface area is 586 Å². The summed E-state index contributed by atoms with van der Waals surface area (Å²) in [6.45, 7) is 0. The quantitative estimate of drug-likeness (QED) is 0.113. The van der Waals surface area contributed by atoms with Crippen LogP contribution in [-0.4, -0.2) is 9.97 Å². The summed E-state index contributed by atoms with van der Waals surface area (Å²) in [6.07, 6.45) is 0. The van der Waals surface area contributed by atoms with Crippen LogP contribution in [-0.2, 0) is 0 Å². The predicted octanol–water partition coefficient (Wildman–Crippen LogP) is 26.7. The first-order chi connectivity index (χ1) is 50.5. The Morgan fingerprint density at radius 2 is 0.588 bits per heavy atom. The molecule has 0 aliphatic heterocycles. The highest BCUT2D eigenvalue weighted by Gasteiger charge is 2.23. The maximum atomic E-state index is 6.78. The van der Waals surface area contributed by atoms with E-state index in [9.17, 15) is 0 Å². The third-order valence-electron chi connectivity index (χ3n) is 19.9. The van der Waals surface area contributed by atoms with Crippen molar-refractivity contribution < 1.29 is 17.7 Å². The lowest BCUT2D eigenvalue weighted by Crippen LogP contribution is -2.11. The maximum Gasteiger partial charge on any atom is 0.227 e. The van der Waals surface area contributed by atoms with Crippen LogP contribution >= 0.6 is 0 Å². The van der Waals surface area contributed by atoms with Crippen LogP contribution in [0.5, 0.6) is 0 Å². The molecule has 20 aromatic rings. The minimum atomic E-state index is 0.536. The van der Waals surface area contributed by atoms with Crippen LogP contribution in [0, 0.1) is 0 Å². The van der Waals surface area contributed by atoms with Gasteiger partial charge in [0.1, 0.15) is 33.4 Å². The fourth-order valence-corrected chi connectivity index (χ4v) is 14.9. The number of rotatable bonds is 13. The van der Waals surface area contributed by atoms with Gasteiger partial charge >= 0.3 is 0 Å². The molecule has 20 rings (SSSR count). The largest absolute Gasteiger partial charge is 0.456 e. The number of aromatic nitrogens is 2. The molecule has 0 radical (unpaired) electrons. The van der Waals surface area contributed by atoms with Crippen molar-refractivity contribution in [2.24, 2.45) is 0 Å². The molecule has 8 heteroatoms. The molecule has 0 aliphatic rings. The Bertz CT molecular complexity index is 6620. The van der Waals surface area contributed by atoms with Crippen molar-refractivity contribution in [1.29, 1.82) is 0 Å². The summed E-state index contributed by atoms with van der Waals surface area (Å²) < 4.78 is 26.5. The van der Waals surface area contributed by atoms with Crippen molar-refractivity contribution in [1.82, 2.24) is 9.97 Å². The topological polar surface area (TPSA) is 84.8 Å². The minimum absolute atomic E-state index is 0.536. The summed E-state index contributed by atoms with van der Waals surface area (Å²) in [4.78, 5) is 14.6. The zero-order chi connectivity index (χ0) is 67.2. The Morgan fingerprint density at radius 1 is 0.196 bits per heavy atom. The van der Waals surface area contributed by atoms with E-state index in [2.05, 4.69) is 313 Å². The van der Waals surface area contributed by atoms with Gasteiger partial charge in [0.05, 0.1) is 5.69 Å². The highest BCUT2D eigenvalue weighted by Crippen LogP contribution is 2.47. The first-order valence-electron chi connectivity index (χ1n) is 34.3. The molecule has 4 aromatic heterocycles. The molecule has 16 aromatic carbocycles. The summed E-state index contributed by atoms with van der Waals surface area (Å²) in [5.41, 5.74) is 24.9. The number of hydrogen-bond donors (Lipinski definition) is 0. The molecule has 0 bridgehead atoms. The fraction of sp³-hybridized carbons (Fsp3) is 0. The van der Waals surface area contributed by atoms with E-state index in [-0.39, 0.29) is 0 Å². The lowest BCUT2D eigenvalue weighted by Gasteiger charge is -2.28. The molecule has 0 amide bonds. The molecule has 0 saturated heterocycles. The third-order valence-corrected chi connectivity index (χ3v) is 19.9. The van der Waals surface area contributed by atoms with E-state index in [0.29, 0.717) is 22.9 Å². The van der Waals surface area contributed by atoms with Crippen LogP contribution in [0.4, 0.5) is 34.1 Å². The molecule has 0 saturated carbocycles. The number of hydrogen-bond acceptors (Lipinski definition) is 8. The summed E-state index contributed by atoms with van der Waals surface area (Å²) in [7, 11) is 0. The van der Waals surface area contributed by atoms with E-state index in [4.69, 9.17) is 27.6 Å². The van der Waals surface area contributed by atoms with Gasteiger partial charge in [0, 0.05) is 90.9 Å². The fourth-order valence-electron chi connectivity index (χ4n) is 14.9. The van der Waals surface area contributed by atoms with E-state index in [1.807, 2.05) is 48.5 Å². The van der Waals surface area contributed by atoms with Crippen molar-refractivity contribution in [3.8, 4) is 78.5 Å². The second-order valence-electron chi connectivity index (χ2n) is 26.0. The van der Waals surface area contributed by atoms with Crippen LogP contribution in [0.2, 0.25) is 0 Å². The molecule has 4 heterocycles. The Morgan fingerprint density at radius 3 is 1.19 bits per heavy atom. The number of furan rings is 2. The Balaban J connectivity index is 0.611. The molecule has 0 unspecified atom stereocenters. The maximum absolute atomic E-state index is 6.78. The third kappa shape index (κ3) is 10.2. The van der Waals surface area contributed by atoms with Crippen molar-refractivity contribution in [3.05, 3.63) is 352 Å². The van der Waals surface area contributed by atoms with Gasteiger partial charge in [-0.05, 0) is 181 Å². The smallest absolute Gasteiger partial charge is 0.227 e. The van der Waals surface area contributed by atoms with E-state index < -0.39 is 0 Å². The second-order valence-corrected chi connectivity index (χ2v) is 26.0. The normalized spacial score (nSPS) is 11.7. The summed E-state index contributed by atoms with van der Waals surface area (Å²) in [6, 6.07) is 124. The summed E-state index contributed by atoms with van der Waals surface area (Å²) in [5, 5.41) is 8.77. The number of benzene rings is 16. The second kappa shape index (κ2) is 24.0. The van der Waals surface area contributed by atoms with E-state index >= 15 is 0 Å². The average molecular weight is 1310 g/mol. The lowest BCUT2D eigenvalue weighted by molar-refractivity contribution is 0.619. The predicted molar refractivity (Wildman–Crippen MR) is 419 cm³/mol. The Hall–Kier alpha value is -13.8. The molecule has 102 heavy (non-hydrogen) atoms. The highest BCUT2D eigenvalue weighted by molar-refractivity contribution is 6.12. The van der Waals surface area contributed by atoms with E-state index in [1.165, 1.54) is 32.7 Å². The molecule has 0 spiro atoms. The van der Waals surface area contributed by atoms with Crippen LogP contribution in [0.3, 0.4) is 0 Å². The SMILES string of the molecule is c1ccc(-c2cccc(N(c3ccc(-c4cccc5ccccc45)cc3)c3ccc4c(c3)oc3cc5nc(-c6ccc(-c7cccc(-c8ccccc8N(c8ccc(-c9cccc%10ccccc9%10)cc8)c8ccc9c(c8)oc8cc%10nc(-c%11ccccc%11)oc%10cc89)c7)cc6)oc5cc34)c2)cc1. The number of fused-ring (bicyclic) bond motifs is 10. The Kier molecular flexibility index (Phi) is 13.7. The number of nitrogens with zero attached hydrogens (tertiary/aromatic N) is 4. The van der Waals surface area contributed by atoms with E-state index in [0.717, 1.165) is 145 Å². The summed E-state index contributed by atoms with van der Waals surface area (Å²) in [5.74, 6) is 1.11. The molecule has 0 atom stereocenters. The van der Waals surface area contributed by atoms with Gasteiger partial charge in [-0.15, -0.1) is 0 Å². The molecular formula is C94H58N4O4. The van der Waals surface area contributed by atoms with Crippen LogP contribution in [0.25, 0.3) is 166 Å². The zero-order valence-corrected chi connectivity index (χ0v) is 54.9. The minimum Gasteiger partial charge on any atom is -0.456 e. The van der Waals surface area contributed by atoms with Crippen LogP contribution < -0.4 is 9.80 Å². The average Bonchev–Trinajstić information content (AvgIpc) is 1.49. The van der Waals surface area contributed by atoms with Gasteiger partial charge in [-0.3, -0.25) is 0 Å². The first-order valence-corrected chi connectivity index (χ1v) is 34.3. The summed E-state index contributed by atoms with van der Waals surface area (Å²) >= 11 is 0. The van der Waals surface area contributed by atoms with Crippen molar-refractivity contribution in [2.45, 2.75) is 0 Å². The molecular weight excluding hydrogens is 1250 g/mol. The van der Waals surface area contributed by atoms with Crippen molar-refractivity contribution in [3.63, 3.8) is 0 Å². The van der Waals surface area contributed by atoms with E-state index in [1.54, 1.807) is 0 Å². The van der Waals surface area contributed by atoms with Gasteiger partial charge in [0.2, 0.25) is 11.8 Å². The lowest BCUT2D eigenvalue weighted by atomic mass is 9.96. The van der Waals surface area contributed by atoms with Crippen LogP contribution in [0.15, 0.2) is 370 Å². The van der Waals surface area contributed by atoms with Gasteiger partial charge in [-0.1, -0.05) is 218 Å². The number of para-hydroxylation sites is 1. The molecule has 0 aliphatic carbocycles. The first kappa shape index (κ1) is 58.3. The molecule has 478 valence electrons. The number of oxazole rings is 2. The monoisotopic (exact) mass is 1310 g/mol. The van der Waals surface area contributed by atoms with Gasteiger partial charge in [0.15, 0.2) is 11.2 Å². The highest BCUT2D eigenvalue weighted by atomic mass is 16.4. The molecule has 8 nitrogen and oxygen atoms in total. The zero-order valence-electron chi connectivity index (χ0n) is 54.9.